The zero-order valence-electron chi connectivity index (χ0n) is 15.2. The molecule has 3 rings (SSSR count). The summed E-state index contributed by atoms with van der Waals surface area (Å²) in [5, 5.41) is -0.00518. The summed E-state index contributed by atoms with van der Waals surface area (Å²) in [5.41, 5.74) is -3.60. The molecule has 1 aromatic heterocycles. The van der Waals surface area contributed by atoms with Crippen LogP contribution in [-0.2, 0) is 27.6 Å². The zero-order valence-corrected chi connectivity index (χ0v) is 17.7. The van der Waals surface area contributed by atoms with Crippen molar-refractivity contribution < 1.29 is 25.8 Å². The summed E-state index contributed by atoms with van der Waals surface area (Å²) in [6, 6.07) is 6.73. The Balaban J connectivity index is 1.62. The maximum Gasteiger partial charge on any atom is 0.485 e. The smallest absolute Gasteiger partial charge is 0.283 e. The number of halogens is 3. The van der Waals surface area contributed by atoms with E-state index < -0.39 is 26.5 Å². The third kappa shape index (κ3) is 6.00. The molecular formula is C17H20F3N3O3S3. The molecule has 0 amide bonds. The molecule has 12 heteroatoms. The Morgan fingerprint density at radius 3 is 2.41 bits per heavy atom. The van der Waals surface area contributed by atoms with Crippen LogP contribution in [-0.4, -0.2) is 28.4 Å². The normalized spacial score (nSPS) is 17.2. The van der Waals surface area contributed by atoms with Gasteiger partial charge in [-0.1, -0.05) is 31.4 Å². The fourth-order valence-corrected chi connectivity index (χ4v) is 6.03. The van der Waals surface area contributed by atoms with Crippen molar-refractivity contribution in [3.8, 4) is 10.4 Å². The number of anilines is 1. The van der Waals surface area contributed by atoms with Crippen molar-refractivity contribution in [1.29, 1.82) is 0 Å². The quantitative estimate of drug-likeness (QED) is 0.640. The van der Waals surface area contributed by atoms with Crippen molar-refractivity contribution in [3.63, 3.8) is 0 Å². The molecule has 1 atom stereocenters. The standard InChI is InChI=1S/C17H20F3N3O3S3/c18-17(19,20)28(24)22-11-16-21-10-15(27-16)12-6-8-13(9-7-12)23-29(25,26)14-4-2-1-3-5-14/h6-10,14,22-23H,1-5,11H2. The summed E-state index contributed by atoms with van der Waals surface area (Å²) in [5.74, 6) is 0. The minimum atomic E-state index is -4.82. The fraction of sp³-hybridized carbons (Fsp3) is 0.471. The van der Waals surface area contributed by atoms with E-state index >= 15 is 0 Å². The van der Waals surface area contributed by atoms with Gasteiger partial charge in [-0.25, -0.2) is 22.3 Å². The molecule has 1 unspecified atom stereocenters. The third-order valence-electron chi connectivity index (χ3n) is 4.54. The number of thiazole rings is 1. The van der Waals surface area contributed by atoms with E-state index in [2.05, 4.69) is 9.71 Å². The first-order valence-electron chi connectivity index (χ1n) is 8.94. The number of nitrogens with zero attached hydrogens (tertiary/aromatic N) is 1. The average Bonchev–Trinajstić information content (AvgIpc) is 3.15. The third-order valence-corrected chi connectivity index (χ3v) is 8.28. The van der Waals surface area contributed by atoms with Crippen molar-refractivity contribution >= 4 is 38.0 Å². The van der Waals surface area contributed by atoms with Crippen molar-refractivity contribution in [3.05, 3.63) is 35.5 Å². The Hall–Kier alpha value is -1.50. The predicted octanol–water partition coefficient (Wildman–Crippen LogP) is 4.16. The number of sulfonamides is 1. The highest BCUT2D eigenvalue weighted by molar-refractivity contribution is 7.93. The van der Waals surface area contributed by atoms with E-state index in [1.165, 1.54) is 17.5 Å². The summed E-state index contributed by atoms with van der Waals surface area (Å²) < 4.78 is 77.3. The molecule has 1 fully saturated rings. The molecule has 2 aromatic rings. The molecule has 1 heterocycles. The molecule has 29 heavy (non-hydrogen) atoms. The number of nitrogens with one attached hydrogen (secondary N) is 2. The van der Waals surface area contributed by atoms with Crippen LogP contribution >= 0.6 is 11.3 Å². The molecule has 160 valence electrons. The molecular weight excluding hydrogens is 447 g/mol. The molecule has 0 spiro atoms. The van der Waals surface area contributed by atoms with Crippen LogP contribution in [0.3, 0.4) is 0 Å². The van der Waals surface area contributed by atoms with Gasteiger partial charge in [-0.05, 0) is 30.5 Å². The first-order chi connectivity index (χ1) is 13.6. The molecule has 2 N–H and O–H groups in total. The lowest BCUT2D eigenvalue weighted by molar-refractivity contribution is -0.0394. The van der Waals surface area contributed by atoms with Crippen LogP contribution in [0.2, 0.25) is 0 Å². The van der Waals surface area contributed by atoms with E-state index in [0.29, 0.717) is 28.4 Å². The van der Waals surface area contributed by atoms with E-state index in [9.17, 15) is 25.8 Å². The van der Waals surface area contributed by atoms with Crippen LogP contribution in [0.25, 0.3) is 10.4 Å². The summed E-state index contributed by atoms with van der Waals surface area (Å²) in [7, 11) is -6.56. The van der Waals surface area contributed by atoms with Crippen LogP contribution in [0.15, 0.2) is 30.5 Å². The number of rotatable bonds is 7. The van der Waals surface area contributed by atoms with Crippen LogP contribution < -0.4 is 9.44 Å². The first-order valence-corrected chi connectivity index (χ1v) is 12.5. The van der Waals surface area contributed by atoms with Gasteiger partial charge in [0, 0.05) is 11.9 Å². The Morgan fingerprint density at radius 1 is 1.14 bits per heavy atom. The molecule has 0 bridgehead atoms. The number of alkyl halides is 3. The van der Waals surface area contributed by atoms with Gasteiger partial charge in [-0.3, -0.25) is 4.72 Å². The lowest BCUT2D eigenvalue weighted by Crippen LogP contribution is -2.29. The number of hydrogen-bond acceptors (Lipinski definition) is 5. The first kappa shape index (κ1) is 22.2. The van der Waals surface area contributed by atoms with Gasteiger partial charge in [0.2, 0.25) is 10.0 Å². The molecule has 0 radical (unpaired) electrons. The maximum absolute atomic E-state index is 12.5. The van der Waals surface area contributed by atoms with Crippen LogP contribution in [0, 0.1) is 0 Å². The van der Waals surface area contributed by atoms with Gasteiger partial charge in [0.25, 0.3) is 0 Å². The average molecular weight is 468 g/mol. The van der Waals surface area contributed by atoms with E-state index in [1.54, 1.807) is 24.3 Å². The summed E-state index contributed by atoms with van der Waals surface area (Å²) in [6.45, 7) is -0.268. The van der Waals surface area contributed by atoms with Gasteiger partial charge >= 0.3 is 5.51 Å². The second kappa shape index (κ2) is 9.11. The van der Waals surface area contributed by atoms with Crippen molar-refractivity contribution in [2.45, 2.75) is 49.4 Å². The zero-order chi connectivity index (χ0) is 21.1. The summed E-state index contributed by atoms with van der Waals surface area (Å²) >= 11 is 1.17. The Labute approximate surface area is 173 Å². The van der Waals surface area contributed by atoms with Crippen molar-refractivity contribution in [2.24, 2.45) is 0 Å². The number of benzene rings is 1. The molecule has 0 aliphatic heterocycles. The highest BCUT2D eigenvalue weighted by Crippen LogP contribution is 2.29. The topological polar surface area (TPSA) is 88.2 Å². The van der Waals surface area contributed by atoms with Gasteiger partial charge in [0.1, 0.15) is 5.01 Å². The minimum Gasteiger partial charge on any atom is -0.283 e. The van der Waals surface area contributed by atoms with Crippen molar-refractivity contribution in [2.75, 3.05) is 4.72 Å². The summed E-state index contributed by atoms with van der Waals surface area (Å²) in [6.07, 6.45) is 5.76. The molecule has 1 aliphatic carbocycles. The number of hydrogen-bond donors (Lipinski definition) is 2. The highest BCUT2D eigenvalue weighted by Gasteiger charge is 2.37. The Bertz CT molecular complexity index is 954. The predicted molar refractivity (Wildman–Crippen MR) is 108 cm³/mol. The van der Waals surface area contributed by atoms with Gasteiger partial charge in [0.15, 0.2) is 11.0 Å². The fourth-order valence-electron chi connectivity index (χ4n) is 3.06. The van der Waals surface area contributed by atoms with Gasteiger partial charge in [-0.15, -0.1) is 11.3 Å². The van der Waals surface area contributed by atoms with E-state index in [-0.39, 0.29) is 11.8 Å². The molecule has 1 saturated carbocycles. The highest BCUT2D eigenvalue weighted by atomic mass is 32.2. The largest absolute Gasteiger partial charge is 0.485 e. The molecule has 6 nitrogen and oxygen atoms in total. The minimum absolute atomic E-state index is 0.268. The van der Waals surface area contributed by atoms with Gasteiger partial charge in [0.05, 0.1) is 16.7 Å². The Morgan fingerprint density at radius 2 is 1.79 bits per heavy atom. The molecule has 1 aliphatic rings. The molecule has 0 saturated heterocycles. The van der Waals surface area contributed by atoms with Crippen LogP contribution in [0.4, 0.5) is 18.9 Å². The SMILES string of the molecule is O=S(NCc1ncc(-c2ccc(NS(=O)(=O)C3CCCCC3)cc2)s1)C(F)(F)F. The van der Waals surface area contributed by atoms with Crippen molar-refractivity contribution in [1.82, 2.24) is 9.71 Å². The van der Waals surface area contributed by atoms with E-state index in [1.807, 2.05) is 4.72 Å². The van der Waals surface area contributed by atoms with Gasteiger partial charge in [-0.2, -0.15) is 13.2 Å². The lowest BCUT2D eigenvalue weighted by Gasteiger charge is -2.22. The van der Waals surface area contributed by atoms with Gasteiger partial charge < -0.3 is 0 Å². The van der Waals surface area contributed by atoms with Crippen LogP contribution in [0.1, 0.15) is 37.1 Å². The summed E-state index contributed by atoms with van der Waals surface area (Å²) in [4.78, 5) is 4.74. The monoisotopic (exact) mass is 467 g/mol. The second-order valence-electron chi connectivity index (χ2n) is 6.64. The van der Waals surface area contributed by atoms with E-state index in [4.69, 9.17) is 0 Å². The van der Waals surface area contributed by atoms with E-state index in [0.717, 1.165) is 24.8 Å². The second-order valence-corrected chi connectivity index (χ2v) is 11.0. The Kier molecular flexibility index (Phi) is 6.97. The maximum atomic E-state index is 12.5. The number of aromatic nitrogens is 1. The van der Waals surface area contributed by atoms with Crippen LogP contribution in [0.5, 0.6) is 0 Å². The lowest BCUT2D eigenvalue weighted by atomic mass is 10.0. The molecule has 1 aromatic carbocycles.